The van der Waals surface area contributed by atoms with E-state index in [9.17, 15) is 0 Å². The fourth-order valence-electron chi connectivity index (χ4n) is 2.67. The zero-order valence-electron chi connectivity index (χ0n) is 11.3. The lowest BCUT2D eigenvalue weighted by Gasteiger charge is -2.10. The minimum atomic E-state index is 0.819. The number of anilines is 1. The van der Waals surface area contributed by atoms with Gasteiger partial charge in [-0.15, -0.1) is 0 Å². The van der Waals surface area contributed by atoms with E-state index < -0.39 is 0 Å². The molecule has 0 fully saturated rings. The Labute approximate surface area is 113 Å². The summed E-state index contributed by atoms with van der Waals surface area (Å²) in [7, 11) is 0. The van der Waals surface area contributed by atoms with Crippen LogP contribution in [0.3, 0.4) is 0 Å². The Morgan fingerprint density at radius 3 is 2.26 bits per heavy atom. The second-order valence-corrected chi connectivity index (χ2v) is 5.11. The molecule has 3 aromatic carbocycles. The van der Waals surface area contributed by atoms with Crippen molar-refractivity contribution in [3.05, 3.63) is 65.7 Å². The number of hydrogen-bond donors (Lipinski definition) is 1. The standard InChI is InChI=1S/C18H17N/c1-12-9-14(11-15(19)10-12)17-8-7-13(2)16-5-3-4-6-18(16)17/h3-11H,19H2,1-2H3. The second-order valence-electron chi connectivity index (χ2n) is 5.11. The molecule has 94 valence electrons. The third kappa shape index (κ3) is 2.08. The summed E-state index contributed by atoms with van der Waals surface area (Å²) in [6, 6.07) is 19.1. The third-order valence-corrected chi connectivity index (χ3v) is 3.55. The first-order chi connectivity index (χ1) is 9.15. The van der Waals surface area contributed by atoms with Gasteiger partial charge in [0.1, 0.15) is 0 Å². The summed E-state index contributed by atoms with van der Waals surface area (Å²) < 4.78 is 0. The first kappa shape index (κ1) is 11.8. The predicted octanol–water partition coefficient (Wildman–Crippen LogP) is 4.71. The highest BCUT2D eigenvalue weighted by Gasteiger charge is 2.06. The molecular weight excluding hydrogens is 230 g/mol. The lowest BCUT2D eigenvalue weighted by atomic mass is 9.94. The summed E-state index contributed by atoms with van der Waals surface area (Å²) in [4.78, 5) is 0. The van der Waals surface area contributed by atoms with Gasteiger partial charge in [0.15, 0.2) is 0 Å². The zero-order valence-corrected chi connectivity index (χ0v) is 11.3. The highest BCUT2D eigenvalue weighted by molar-refractivity contribution is 5.98. The smallest absolute Gasteiger partial charge is 0.0322 e. The SMILES string of the molecule is Cc1cc(N)cc(-c2ccc(C)c3ccccc23)c1. The van der Waals surface area contributed by atoms with Crippen LogP contribution < -0.4 is 5.73 Å². The summed E-state index contributed by atoms with van der Waals surface area (Å²) in [5.74, 6) is 0. The highest BCUT2D eigenvalue weighted by Crippen LogP contribution is 2.32. The molecule has 2 N–H and O–H groups in total. The topological polar surface area (TPSA) is 26.0 Å². The van der Waals surface area contributed by atoms with Gasteiger partial charge in [-0.05, 0) is 59.0 Å². The lowest BCUT2D eigenvalue weighted by molar-refractivity contribution is 1.46. The minimum Gasteiger partial charge on any atom is -0.399 e. The average Bonchev–Trinajstić information content (AvgIpc) is 2.38. The van der Waals surface area contributed by atoms with Gasteiger partial charge in [0.25, 0.3) is 0 Å². The van der Waals surface area contributed by atoms with Gasteiger partial charge >= 0.3 is 0 Å². The molecule has 0 saturated heterocycles. The van der Waals surface area contributed by atoms with Crippen LogP contribution in [-0.4, -0.2) is 0 Å². The Kier molecular flexibility index (Phi) is 2.75. The molecule has 0 bridgehead atoms. The van der Waals surface area contributed by atoms with E-state index in [0.29, 0.717) is 0 Å². The van der Waals surface area contributed by atoms with Crippen LogP contribution >= 0.6 is 0 Å². The molecule has 19 heavy (non-hydrogen) atoms. The molecule has 0 saturated carbocycles. The van der Waals surface area contributed by atoms with Gasteiger partial charge in [-0.25, -0.2) is 0 Å². The van der Waals surface area contributed by atoms with Gasteiger partial charge in [0, 0.05) is 5.69 Å². The monoisotopic (exact) mass is 247 g/mol. The van der Waals surface area contributed by atoms with Crippen LogP contribution in [0.5, 0.6) is 0 Å². The van der Waals surface area contributed by atoms with Crippen LogP contribution in [0.1, 0.15) is 11.1 Å². The molecule has 0 aliphatic carbocycles. The summed E-state index contributed by atoms with van der Waals surface area (Å²) in [6.45, 7) is 4.23. The molecule has 0 radical (unpaired) electrons. The zero-order chi connectivity index (χ0) is 13.4. The van der Waals surface area contributed by atoms with Crippen molar-refractivity contribution >= 4 is 16.5 Å². The maximum atomic E-state index is 5.97. The van der Waals surface area contributed by atoms with Crippen LogP contribution in [0.25, 0.3) is 21.9 Å². The van der Waals surface area contributed by atoms with Crippen LogP contribution in [0.15, 0.2) is 54.6 Å². The first-order valence-electron chi connectivity index (χ1n) is 6.51. The third-order valence-electron chi connectivity index (χ3n) is 3.55. The maximum Gasteiger partial charge on any atom is 0.0322 e. The second kappa shape index (κ2) is 4.43. The molecule has 3 aromatic rings. The van der Waals surface area contributed by atoms with Crippen LogP contribution in [0, 0.1) is 13.8 Å². The van der Waals surface area contributed by atoms with Crippen molar-refractivity contribution in [2.24, 2.45) is 0 Å². The van der Waals surface area contributed by atoms with Crippen molar-refractivity contribution in [2.75, 3.05) is 5.73 Å². The summed E-state index contributed by atoms with van der Waals surface area (Å²) in [6.07, 6.45) is 0. The number of nitrogens with two attached hydrogens (primary N) is 1. The van der Waals surface area contributed by atoms with E-state index in [1.165, 1.54) is 33.0 Å². The molecule has 0 amide bonds. The minimum absolute atomic E-state index is 0.819. The van der Waals surface area contributed by atoms with E-state index in [4.69, 9.17) is 5.73 Å². The maximum absolute atomic E-state index is 5.97. The Balaban J connectivity index is 2.34. The Bertz CT molecular complexity index is 736. The van der Waals surface area contributed by atoms with Gasteiger partial charge in [0.2, 0.25) is 0 Å². The number of fused-ring (bicyclic) bond motifs is 1. The molecule has 0 atom stereocenters. The Morgan fingerprint density at radius 1 is 0.789 bits per heavy atom. The van der Waals surface area contributed by atoms with Crippen LogP contribution in [0.4, 0.5) is 5.69 Å². The van der Waals surface area contributed by atoms with Crippen molar-refractivity contribution in [3.8, 4) is 11.1 Å². The molecule has 1 nitrogen and oxygen atoms in total. The van der Waals surface area contributed by atoms with Gasteiger partial charge in [0.05, 0.1) is 0 Å². The van der Waals surface area contributed by atoms with Crippen molar-refractivity contribution in [3.63, 3.8) is 0 Å². The van der Waals surface area contributed by atoms with Gasteiger partial charge < -0.3 is 5.73 Å². The number of benzene rings is 3. The van der Waals surface area contributed by atoms with E-state index in [1.54, 1.807) is 0 Å². The lowest BCUT2D eigenvalue weighted by Crippen LogP contribution is -1.89. The molecule has 0 spiro atoms. The van der Waals surface area contributed by atoms with E-state index >= 15 is 0 Å². The molecule has 0 aromatic heterocycles. The number of rotatable bonds is 1. The molecule has 0 aliphatic rings. The number of aryl methyl sites for hydroxylation is 2. The fraction of sp³-hybridized carbons (Fsp3) is 0.111. The van der Waals surface area contributed by atoms with E-state index in [-0.39, 0.29) is 0 Å². The molecule has 1 heteroatoms. The average molecular weight is 247 g/mol. The largest absolute Gasteiger partial charge is 0.399 e. The van der Waals surface area contributed by atoms with Crippen molar-refractivity contribution in [2.45, 2.75) is 13.8 Å². The summed E-state index contributed by atoms with van der Waals surface area (Å²) in [5.41, 5.74) is 11.7. The van der Waals surface area contributed by atoms with Gasteiger partial charge in [-0.1, -0.05) is 42.5 Å². The van der Waals surface area contributed by atoms with E-state index in [2.05, 4.69) is 56.3 Å². The van der Waals surface area contributed by atoms with Crippen molar-refractivity contribution in [1.29, 1.82) is 0 Å². The molecule has 0 unspecified atom stereocenters. The fourth-order valence-corrected chi connectivity index (χ4v) is 2.67. The molecule has 3 rings (SSSR count). The highest BCUT2D eigenvalue weighted by atomic mass is 14.5. The van der Waals surface area contributed by atoms with E-state index in [0.717, 1.165) is 5.69 Å². The first-order valence-corrected chi connectivity index (χ1v) is 6.51. The van der Waals surface area contributed by atoms with Gasteiger partial charge in [-0.2, -0.15) is 0 Å². The predicted molar refractivity (Wildman–Crippen MR) is 83.3 cm³/mol. The molecule has 0 heterocycles. The van der Waals surface area contributed by atoms with E-state index in [1.807, 2.05) is 12.1 Å². The van der Waals surface area contributed by atoms with Crippen molar-refractivity contribution in [1.82, 2.24) is 0 Å². The van der Waals surface area contributed by atoms with Crippen LogP contribution in [0.2, 0.25) is 0 Å². The van der Waals surface area contributed by atoms with Crippen molar-refractivity contribution < 1.29 is 0 Å². The summed E-state index contributed by atoms with van der Waals surface area (Å²) in [5, 5.41) is 2.59. The Morgan fingerprint density at radius 2 is 1.53 bits per heavy atom. The quantitative estimate of drug-likeness (QED) is 0.619. The Hall–Kier alpha value is -2.28. The number of hydrogen-bond acceptors (Lipinski definition) is 1. The number of nitrogen functional groups attached to an aromatic ring is 1. The normalized spacial score (nSPS) is 10.8. The molecule has 0 aliphatic heterocycles. The van der Waals surface area contributed by atoms with Gasteiger partial charge in [-0.3, -0.25) is 0 Å². The van der Waals surface area contributed by atoms with Crippen LogP contribution in [-0.2, 0) is 0 Å². The summed E-state index contributed by atoms with van der Waals surface area (Å²) >= 11 is 0. The molecular formula is C18H17N.